The predicted octanol–water partition coefficient (Wildman–Crippen LogP) is 3.31. The molecular formula is C21H19F2N7. The van der Waals surface area contributed by atoms with E-state index in [0.29, 0.717) is 5.56 Å². The summed E-state index contributed by atoms with van der Waals surface area (Å²) in [7, 11) is 4.01. The van der Waals surface area contributed by atoms with Gasteiger partial charge in [-0.15, -0.1) is 5.10 Å². The van der Waals surface area contributed by atoms with Gasteiger partial charge in [-0.3, -0.25) is 0 Å². The Kier molecular flexibility index (Phi) is 5.20. The van der Waals surface area contributed by atoms with E-state index in [1.165, 1.54) is 11.6 Å². The van der Waals surface area contributed by atoms with Crippen molar-refractivity contribution in [1.82, 2.24) is 30.1 Å². The van der Waals surface area contributed by atoms with E-state index in [1.807, 2.05) is 38.4 Å². The van der Waals surface area contributed by atoms with Crippen molar-refractivity contribution in [2.75, 3.05) is 19.8 Å². The lowest BCUT2D eigenvalue weighted by Crippen LogP contribution is -2.10. The lowest BCUT2D eigenvalue weighted by atomic mass is 10.0. The fraction of sp³-hybridized carbons (Fsp3) is 0.143. The molecule has 4 rings (SSSR count). The Morgan fingerprint density at radius 1 is 1.00 bits per heavy atom. The first-order valence-electron chi connectivity index (χ1n) is 9.16. The average Bonchev–Trinajstić information content (AvgIpc) is 3.17. The van der Waals surface area contributed by atoms with Crippen molar-refractivity contribution < 1.29 is 8.78 Å². The molecule has 30 heavy (non-hydrogen) atoms. The molecule has 0 bridgehead atoms. The number of para-hydroxylation sites is 1. The molecule has 152 valence electrons. The van der Waals surface area contributed by atoms with E-state index < -0.39 is 11.6 Å². The fourth-order valence-electron chi connectivity index (χ4n) is 3.18. The van der Waals surface area contributed by atoms with Gasteiger partial charge in [0.25, 0.3) is 0 Å². The van der Waals surface area contributed by atoms with Crippen LogP contribution in [0.5, 0.6) is 0 Å². The van der Waals surface area contributed by atoms with Crippen molar-refractivity contribution in [3.8, 4) is 28.2 Å². The van der Waals surface area contributed by atoms with Crippen molar-refractivity contribution in [2.24, 2.45) is 0 Å². The number of rotatable bonds is 5. The highest BCUT2D eigenvalue weighted by Crippen LogP contribution is 2.30. The molecular weight excluding hydrogens is 388 g/mol. The summed E-state index contributed by atoms with van der Waals surface area (Å²) in [6.07, 6.45) is 1.64. The van der Waals surface area contributed by atoms with Crippen molar-refractivity contribution in [3.05, 3.63) is 71.9 Å². The first kappa shape index (κ1) is 19.6. The summed E-state index contributed by atoms with van der Waals surface area (Å²) in [6, 6.07) is 13.3. The first-order valence-corrected chi connectivity index (χ1v) is 9.16. The van der Waals surface area contributed by atoms with E-state index in [9.17, 15) is 8.78 Å². The smallest absolute Gasteiger partial charge is 0.191 e. The Bertz CT molecular complexity index is 1170. The van der Waals surface area contributed by atoms with Gasteiger partial charge < -0.3 is 10.6 Å². The molecule has 2 N–H and O–H groups in total. The van der Waals surface area contributed by atoms with E-state index >= 15 is 0 Å². The number of hydrogen-bond donors (Lipinski definition) is 1. The number of nitrogens with zero attached hydrogens (tertiary/aromatic N) is 6. The Morgan fingerprint density at radius 3 is 2.37 bits per heavy atom. The lowest BCUT2D eigenvalue weighted by Gasteiger charge is -2.11. The monoisotopic (exact) mass is 407 g/mol. The minimum Gasteiger partial charge on any atom is -0.383 e. The van der Waals surface area contributed by atoms with Gasteiger partial charge in [-0.05, 0) is 53.8 Å². The maximum absolute atomic E-state index is 14.3. The van der Waals surface area contributed by atoms with Gasteiger partial charge in [0.05, 0.1) is 5.56 Å². The summed E-state index contributed by atoms with van der Waals surface area (Å²) in [5.74, 6) is -1.34. The second-order valence-corrected chi connectivity index (χ2v) is 7.08. The summed E-state index contributed by atoms with van der Waals surface area (Å²) in [4.78, 5) is 6.32. The van der Waals surface area contributed by atoms with Gasteiger partial charge in [0.1, 0.15) is 11.5 Å². The van der Waals surface area contributed by atoms with Crippen LogP contribution in [-0.2, 0) is 6.54 Å². The van der Waals surface area contributed by atoms with Crippen LogP contribution in [-0.4, -0.2) is 44.2 Å². The van der Waals surface area contributed by atoms with Gasteiger partial charge in [0.2, 0.25) is 0 Å². The van der Waals surface area contributed by atoms with Gasteiger partial charge in [-0.1, -0.05) is 30.3 Å². The third kappa shape index (κ3) is 3.74. The van der Waals surface area contributed by atoms with Crippen LogP contribution in [0.1, 0.15) is 5.56 Å². The molecule has 2 heterocycles. The van der Waals surface area contributed by atoms with Gasteiger partial charge in [0, 0.05) is 18.3 Å². The highest BCUT2D eigenvalue weighted by molar-refractivity contribution is 5.76. The number of hydrogen-bond acceptors (Lipinski definition) is 6. The maximum Gasteiger partial charge on any atom is 0.191 e. The normalized spacial score (nSPS) is 11.2. The number of anilines is 1. The van der Waals surface area contributed by atoms with Crippen LogP contribution in [0.4, 0.5) is 14.6 Å². The second-order valence-electron chi connectivity index (χ2n) is 7.08. The van der Waals surface area contributed by atoms with Crippen molar-refractivity contribution in [1.29, 1.82) is 0 Å². The number of nitrogen functional groups attached to an aromatic ring is 1. The Labute approximate surface area is 171 Å². The summed E-state index contributed by atoms with van der Waals surface area (Å²) >= 11 is 0. The number of nitrogens with two attached hydrogens (primary N) is 1. The lowest BCUT2D eigenvalue weighted by molar-refractivity contribution is 0.402. The zero-order valence-electron chi connectivity index (χ0n) is 16.4. The highest BCUT2D eigenvalue weighted by Gasteiger charge is 2.20. The van der Waals surface area contributed by atoms with Crippen LogP contribution in [0, 0.1) is 11.6 Å². The molecule has 0 fully saturated rings. The van der Waals surface area contributed by atoms with Gasteiger partial charge in [0.15, 0.2) is 17.5 Å². The molecule has 4 aromatic rings. The molecule has 2 aromatic heterocycles. The molecule has 0 aliphatic heterocycles. The molecule has 0 saturated heterocycles. The number of aromatic nitrogens is 5. The third-order valence-corrected chi connectivity index (χ3v) is 4.56. The predicted molar refractivity (Wildman–Crippen MR) is 110 cm³/mol. The highest BCUT2D eigenvalue weighted by atomic mass is 19.1. The van der Waals surface area contributed by atoms with E-state index in [4.69, 9.17) is 5.73 Å². The van der Waals surface area contributed by atoms with Crippen LogP contribution >= 0.6 is 0 Å². The van der Waals surface area contributed by atoms with Crippen LogP contribution < -0.4 is 5.73 Å². The third-order valence-electron chi connectivity index (χ3n) is 4.56. The molecule has 0 atom stereocenters. The average molecular weight is 407 g/mol. The van der Waals surface area contributed by atoms with Crippen LogP contribution in [0.2, 0.25) is 0 Å². The van der Waals surface area contributed by atoms with E-state index in [0.717, 1.165) is 34.5 Å². The molecule has 0 spiro atoms. The number of pyridine rings is 1. The number of halogens is 2. The summed E-state index contributed by atoms with van der Waals surface area (Å²) in [5.41, 5.74) is 8.91. The van der Waals surface area contributed by atoms with Crippen LogP contribution in [0.15, 0.2) is 54.7 Å². The second kappa shape index (κ2) is 7.96. The molecule has 0 unspecified atom stereocenters. The summed E-state index contributed by atoms with van der Waals surface area (Å²) in [6.45, 7) is 0.828. The molecule has 2 aromatic carbocycles. The minimum atomic E-state index is -0.789. The maximum atomic E-state index is 14.3. The Morgan fingerprint density at radius 2 is 1.70 bits per heavy atom. The molecule has 0 aliphatic carbocycles. The van der Waals surface area contributed by atoms with Crippen molar-refractivity contribution >= 4 is 5.82 Å². The summed E-state index contributed by atoms with van der Waals surface area (Å²) in [5, 5.41) is 11.3. The van der Waals surface area contributed by atoms with Gasteiger partial charge in [-0.2, -0.15) is 4.68 Å². The fourth-order valence-corrected chi connectivity index (χ4v) is 3.18. The molecule has 9 heteroatoms. The first-order chi connectivity index (χ1) is 14.4. The standard InChI is InChI=1S/C21H19F2N7/c1-29(2)12-13-6-8-14(9-7-13)15-10-16(20(24)25-11-15)21-26-27-28-30(21)19-17(22)4-3-5-18(19)23/h3-11H,12H2,1-2H3,(H2,24,25). The zero-order valence-corrected chi connectivity index (χ0v) is 16.4. The molecule has 0 saturated carbocycles. The Hall–Kier alpha value is -3.72. The van der Waals surface area contributed by atoms with Crippen molar-refractivity contribution in [3.63, 3.8) is 0 Å². The van der Waals surface area contributed by atoms with E-state index in [-0.39, 0.29) is 17.3 Å². The zero-order chi connectivity index (χ0) is 21.3. The van der Waals surface area contributed by atoms with Gasteiger partial charge >= 0.3 is 0 Å². The molecule has 0 amide bonds. The van der Waals surface area contributed by atoms with Crippen molar-refractivity contribution in [2.45, 2.75) is 6.54 Å². The number of tetrazole rings is 1. The van der Waals surface area contributed by atoms with Crippen LogP contribution in [0.3, 0.4) is 0 Å². The topological polar surface area (TPSA) is 85.8 Å². The SMILES string of the molecule is CN(C)Cc1ccc(-c2cnc(N)c(-c3nnnn3-c3c(F)cccc3F)c2)cc1. The Balaban J connectivity index is 1.77. The van der Waals surface area contributed by atoms with E-state index in [1.54, 1.807) is 12.3 Å². The van der Waals surface area contributed by atoms with Gasteiger partial charge in [-0.25, -0.2) is 13.8 Å². The van der Waals surface area contributed by atoms with Crippen LogP contribution in [0.25, 0.3) is 28.2 Å². The molecule has 7 nitrogen and oxygen atoms in total. The molecule has 0 radical (unpaired) electrons. The molecule has 0 aliphatic rings. The number of benzene rings is 2. The van der Waals surface area contributed by atoms with E-state index in [2.05, 4.69) is 25.4 Å². The quantitative estimate of drug-likeness (QED) is 0.546. The largest absolute Gasteiger partial charge is 0.383 e. The minimum absolute atomic E-state index is 0.0927. The summed E-state index contributed by atoms with van der Waals surface area (Å²) < 4.78 is 29.5.